The summed E-state index contributed by atoms with van der Waals surface area (Å²) in [7, 11) is 0. The molecule has 3 atom stereocenters. The summed E-state index contributed by atoms with van der Waals surface area (Å²) in [5.41, 5.74) is 3.04. The number of hydrogen-bond acceptors (Lipinski definition) is 3. The maximum Gasteiger partial charge on any atom is 0.335 e. The molecule has 160 valence electrons. The number of nitrogens with one attached hydrogen (secondary N) is 2. The van der Waals surface area contributed by atoms with Crippen molar-refractivity contribution in [3.8, 4) is 0 Å². The number of aromatic carboxylic acids is 1. The average Bonchev–Trinajstić information content (AvgIpc) is 3.48. The first kappa shape index (κ1) is 19.9. The Hall–Kier alpha value is -4.06. The van der Waals surface area contributed by atoms with Crippen LogP contribution in [0, 0.1) is 5.92 Å². The summed E-state index contributed by atoms with van der Waals surface area (Å²) in [4.78, 5) is 25.6. The molecule has 6 heteroatoms. The van der Waals surface area contributed by atoms with Gasteiger partial charge in [-0.3, -0.25) is 0 Å². The molecule has 1 aliphatic heterocycles. The lowest BCUT2D eigenvalue weighted by Crippen LogP contribution is -2.41. The van der Waals surface area contributed by atoms with Gasteiger partial charge in [0.05, 0.1) is 11.1 Å². The Morgan fingerprint density at radius 1 is 0.938 bits per heavy atom. The molecule has 0 amide bonds. The van der Waals surface area contributed by atoms with E-state index in [0.29, 0.717) is 12.1 Å². The van der Waals surface area contributed by atoms with Gasteiger partial charge in [-0.15, -0.1) is 0 Å². The second-order valence-electron chi connectivity index (χ2n) is 8.15. The van der Waals surface area contributed by atoms with Gasteiger partial charge in [0, 0.05) is 29.1 Å². The van der Waals surface area contributed by atoms with E-state index in [1.54, 1.807) is 12.1 Å². The molecule has 0 bridgehead atoms. The molecule has 4 aromatic rings. The topological polar surface area (TPSA) is 102 Å². The Kier molecular flexibility index (Phi) is 4.90. The number of fused-ring (bicyclic) bond motifs is 6. The van der Waals surface area contributed by atoms with Crippen LogP contribution in [0.1, 0.15) is 28.3 Å². The third kappa shape index (κ3) is 3.39. The zero-order valence-corrected chi connectivity index (χ0v) is 17.2. The molecule has 4 N–H and O–H groups in total. The number of anilines is 1. The van der Waals surface area contributed by atoms with E-state index in [2.05, 4.69) is 46.7 Å². The number of aromatic nitrogens is 1. The molecule has 1 aromatic heterocycles. The van der Waals surface area contributed by atoms with Crippen LogP contribution in [-0.2, 0) is 4.79 Å². The molecule has 3 unspecified atom stereocenters. The molecular formula is C26H22N2O4. The fourth-order valence-corrected chi connectivity index (χ4v) is 4.78. The first-order valence-corrected chi connectivity index (χ1v) is 10.5. The number of pyridine rings is 1. The number of hydrogen-bond donors (Lipinski definition) is 4. The number of aliphatic carboxylic acids is 1. The molecule has 6 nitrogen and oxygen atoms in total. The van der Waals surface area contributed by atoms with Crippen LogP contribution < -0.4 is 5.32 Å². The molecule has 0 fully saturated rings. The van der Waals surface area contributed by atoms with Gasteiger partial charge in [-0.05, 0) is 47.0 Å². The van der Waals surface area contributed by atoms with Gasteiger partial charge in [-0.25, -0.2) is 9.59 Å². The van der Waals surface area contributed by atoms with Crippen LogP contribution in [0.5, 0.6) is 0 Å². The van der Waals surface area contributed by atoms with Crippen molar-refractivity contribution in [3.05, 3.63) is 90.1 Å². The van der Waals surface area contributed by atoms with Crippen molar-refractivity contribution in [2.75, 3.05) is 5.32 Å². The molecular weight excluding hydrogens is 404 g/mol. The highest BCUT2D eigenvalue weighted by Crippen LogP contribution is 2.44. The average molecular weight is 426 g/mol. The lowest BCUT2D eigenvalue weighted by Gasteiger charge is -2.34. The van der Waals surface area contributed by atoms with Crippen LogP contribution in [0.2, 0.25) is 0 Å². The maximum atomic E-state index is 11.3. The zero-order valence-electron chi connectivity index (χ0n) is 17.2. The van der Waals surface area contributed by atoms with Crippen LogP contribution in [0.3, 0.4) is 0 Å². The van der Waals surface area contributed by atoms with Crippen molar-refractivity contribution in [2.24, 2.45) is 5.92 Å². The molecule has 2 aliphatic rings. The predicted octanol–water partition coefficient (Wildman–Crippen LogP) is 5.24. The standard InChI is InChI=1S/C14H13NO4.C12H9N/c16-13(17)7-4-5-11-10(6-7)8-2-1-3-9(8)12(15-11)14(18)19;1-3-9-6-7-10-4-2-8-13-12(10)11(9)5-1/h1-2,4-6,8-9,12,15H,3H2,(H,16,17)(H,18,19);1-8,13H. The monoisotopic (exact) mass is 426 g/mol. The smallest absolute Gasteiger partial charge is 0.335 e. The first-order chi connectivity index (χ1) is 15.5. The number of carbonyl (C=O) groups is 2. The number of allylic oxidation sites excluding steroid dienone is 2. The van der Waals surface area contributed by atoms with Gasteiger partial charge >= 0.3 is 11.9 Å². The van der Waals surface area contributed by atoms with Crippen molar-refractivity contribution in [3.63, 3.8) is 0 Å². The Labute approximate surface area is 184 Å². The number of carboxylic acid groups (broad SMARTS) is 2. The fraction of sp³-hybridized carbons (Fsp3) is 0.154. The molecule has 6 rings (SSSR count). The Bertz CT molecular complexity index is 1370. The van der Waals surface area contributed by atoms with Crippen molar-refractivity contribution >= 4 is 39.3 Å². The molecule has 0 spiro atoms. The van der Waals surface area contributed by atoms with Gasteiger partial charge in [0.25, 0.3) is 0 Å². The fourth-order valence-electron chi connectivity index (χ4n) is 4.78. The predicted molar refractivity (Wildman–Crippen MR) is 124 cm³/mol. The van der Waals surface area contributed by atoms with E-state index >= 15 is 0 Å². The number of carboxylic acids is 2. The van der Waals surface area contributed by atoms with Gasteiger partial charge < -0.3 is 20.5 Å². The number of H-pyrrole nitrogens is 1. The van der Waals surface area contributed by atoms with Gasteiger partial charge in [-0.1, -0.05) is 48.6 Å². The molecule has 1 aliphatic carbocycles. The summed E-state index contributed by atoms with van der Waals surface area (Å²) in [6.45, 7) is 0. The van der Waals surface area contributed by atoms with E-state index in [0.717, 1.165) is 5.56 Å². The van der Waals surface area contributed by atoms with Crippen molar-refractivity contribution < 1.29 is 19.8 Å². The summed E-state index contributed by atoms with van der Waals surface area (Å²) < 4.78 is 0. The van der Waals surface area contributed by atoms with Gasteiger partial charge in [0.15, 0.2) is 0 Å². The minimum atomic E-state index is -0.971. The molecule has 0 radical (unpaired) electrons. The van der Waals surface area contributed by atoms with E-state index < -0.39 is 18.0 Å². The molecule has 32 heavy (non-hydrogen) atoms. The summed E-state index contributed by atoms with van der Waals surface area (Å²) in [5, 5.41) is 25.2. The highest BCUT2D eigenvalue weighted by Gasteiger charge is 2.40. The molecule has 0 saturated heterocycles. The van der Waals surface area contributed by atoms with Crippen molar-refractivity contribution in [2.45, 2.75) is 18.4 Å². The van der Waals surface area contributed by atoms with Crippen LogP contribution in [-0.4, -0.2) is 33.2 Å². The minimum absolute atomic E-state index is 0.0170. The van der Waals surface area contributed by atoms with E-state index in [-0.39, 0.29) is 17.4 Å². The highest BCUT2D eigenvalue weighted by molar-refractivity contribution is 6.05. The first-order valence-electron chi connectivity index (χ1n) is 10.5. The minimum Gasteiger partial charge on any atom is -0.480 e. The van der Waals surface area contributed by atoms with Gasteiger partial charge in [-0.2, -0.15) is 0 Å². The largest absolute Gasteiger partial charge is 0.480 e. The van der Waals surface area contributed by atoms with Crippen molar-refractivity contribution in [1.29, 1.82) is 0 Å². The lowest BCUT2D eigenvalue weighted by atomic mass is 9.79. The highest BCUT2D eigenvalue weighted by atomic mass is 16.4. The van der Waals surface area contributed by atoms with E-state index in [1.165, 1.54) is 27.7 Å². The number of rotatable bonds is 2. The Morgan fingerprint density at radius 2 is 1.75 bits per heavy atom. The normalized spacial score (nSPS) is 20.7. The second kappa shape index (κ2) is 7.89. The summed E-state index contributed by atoms with van der Waals surface area (Å²) >= 11 is 0. The summed E-state index contributed by atoms with van der Waals surface area (Å²) in [6.07, 6.45) is 6.61. The van der Waals surface area contributed by atoms with Crippen LogP contribution >= 0.6 is 0 Å². The van der Waals surface area contributed by atoms with Crippen molar-refractivity contribution in [1.82, 2.24) is 4.98 Å². The third-order valence-corrected chi connectivity index (χ3v) is 6.33. The van der Waals surface area contributed by atoms with E-state index in [4.69, 9.17) is 5.11 Å². The quantitative estimate of drug-likeness (QED) is 0.328. The lowest BCUT2D eigenvalue weighted by molar-refractivity contribution is -0.139. The maximum absolute atomic E-state index is 11.3. The number of benzene rings is 2. The van der Waals surface area contributed by atoms with Crippen LogP contribution in [0.25, 0.3) is 21.7 Å². The number of aromatic amines is 1. The summed E-state index contributed by atoms with van der Waals surface area (Å²) in [6, 6.07) is 19.0. The Balaban J connectivity index is 0.000000144. The van der Waals surface area contributed by atoms with Gasteiger partial charge in [0.1, 0.15) is 6.04 Å². The molecule has 0 saturated carbocycles. The third-order valence-electron chi connectivity index (χ3n) is 6.33. The Morgan fingerprint density at radius 3 is 2.56 bits per heavy atom. The second-order valence-corrected chi connectivity index (χ2v) is 8.15. The SMILES string of the molecule is O=C(O)c1ccc2c(c1)C1C=CCC1C(C(=O)O)N2.c1c[nH]c2c(c1)ccc1cccc12. The summed E-state index contributed by atoms with van der Waals surface area (Å²) in [5.74, 6) is -1.90. The van der Waals surface area contributed by atoms with Gasteiger partial charge in [0.2, 0.25) is 0 Å². The van der Waals surface area contributed by atoms with Crippen LogP contribution in [0.15, 0.2) is 79.0 Å². The van der Waals surface area contributed by atoms with E-state index in [1.807, 2.05) is 24.4 Å². The molecule has 3 aromatic carbocycles. The van der Waals surface area contributed by atoms with Crippen LogP contribution in [0.4, 0.5) is 5.69 Å². The molecule has 2 heterocycles. The zero-order chi connectivity index (χ0) is 22.2. The van der Waals surface area contributed by atoms with E-state index in [9.17, 15) is 14.7 Å².